The summed E-state index contributed by atoms with van der Waals surface area (Å²) in [6.45, 7) is 5.87. The summed E-state index contributed by atoms with van der Waals surface area (Å²) in [4.78, 5) is 105. The summed E-state index contributed by atoms with van der Waals surface area (Å²) in [7, 11) is 4.38. The Morgan fingerprint density at radius 1 is 0.630 bits per heavy atom. The number of amides is 7. The molecule has 422 valence electrons. The molecule has 9 rings (SSSR count). The van der Waals surface area contributed by atoms with E-state index in [1.54, 1.807) is 104 Å². The number of aliphatic imine (C=N–C) groups is 2. The van der Waals surface area contributed by atoms with E-state index < -0.39 is 29.7 Å². The standard InChI is InChI=1S/C60H63FN8O12/c1-34(2)56(66-53(70)11-8-7-9-20-67-54(71)18-19-55(67)72)58(74)64-35(3)57(73)65-40-15-12-36(13-16-40)38-23-41-30-62-46-28-51(49(78-5)26-43(46)59(75)68(41)32-38)80-21-10-22-81-52-29-47-44(27-50(52)79-6)60(76)69-33-39(24-42(69)31-63-47)37-14-17-48(77-4)45(61)25-37/h12-19,25-35,41-42,56H,7-11,20-24H2,1-6H3,(H,64,74)(H,65,73)(H,66,70)/t35-,41-,42-,56-/m0/s1. The van der Waals surface area contributed by atoms with Crippen molar-refractivity contribution in [3.63, 3.8) is 0 Å². The molecule has 4 atom stereocenters. The van der Waals surface area contributed by atoms with Crippen LogP contribution in [0.25, 0.3) is 11.1 Å². The van der Waals surface area contributed by atoms with Crippen LogP contribution in [0, 0.1) is 11.7 Å². The van der Waals surface area contributed by atoms with E-state index in [1.807, 2.05) is 12.1 Å². The number of benzene rings is 4. The van der Waals surface area contributed by atoms with Gasteiger partial charge in [-0.3, -0.25) is 48.4 Å². The van der Waals surface area contributed by atoms with E-state index in [4.69, 9.17) is 28.7 Å². The number of anilines is 1. The first-order valence-electron chi connectivity index (χ1n) is 26.8. The molecule has 0 unspecified atom stereocenters. The van der Waals surface area contributed by atoms with Crippen molar-refractivity contribution in [1.82, 2.24) is 25.3 Å². The fourth-order valence-electron chi connectivity index (χ4n) is 9.98. The molecule has 0 bridgehead atoms. The van der Waals surface area contributed by atoms with Gasteiger partial charge in [-0.2, -0.15) is 0 Å². The quantitative estimate of drug-likeness (QED) is 0.0479. The fourth-order valence-corrected chi connectivity index (χ4v) is 9.98. The van der Waals surface area contributed by atoms with Gasteiger partial charge in [0.15, 0.2) is 34.6 Å². The van der Waals surface area contributed by atoms with Crippen molar-refractivity contribution in [1.29, 1.82) is 0 Å². The number of methoxy groups -OCH3 is 3. The predicted octanol–water partition coefficient (Wildman–Crippen LogP) is 7.71. The highest BCUT2D eigenvalue weighted by Gasteiger charge is 2.36. The number of hydrogen-bond acceptors (Lipinski definition) is 14. The molecular weight excluding hydrogens is 1040 g/mol. The first kappa shape index (κ1) is 56.6. The number of carbonyl (C=O) groups is 7. The molecule has 3 N–H and O–H groups in total. The van der Waals surface area contributed by atoms with Crippen molar-refractivity contribution in [2.24, 2.45) is 15.9 Å². The van der Waals surface area contributed by atoms with E-state index in [2.05, 4.69) is 20.9 Å². The minimum atomic E-state index is -0.932. The van der Waals surface area contributed by atoms with Crippen LogP contribution in [-0.4, -0.2) is 134 Å². The maximum Gasteiger partial charge on any atom is 0.260 e. The van der Waals surface area contributed by atoms with Crippen molar-refractivity contribution in [2.75, 3.05) is 46.4 Å². The highest BCUT2D eigenvalue weighted by Crippen LogP contribution is 2.42. The Kier molecular flexibility index (Phi) is 17.4. The lowest BCUT2D eigenvalue weighted by molar-refractivity contribution is -0.137. The van der Waals surface area contributed by atoms with Crippen molar-refractivity contribution < 1.29 is 61.6 Å². The molecule has 0 fully saturated rings. The van der Waals surface area contributed by atoms with Crippen LogP contribution in [0.2, 0.25) is 0 Å². The van der Waals surface area contributed by atoms with Crippen LogP contribution < -0.4 is 39.6 Å². The third-order valence-corrected chi connectivity index (χ3v) is 14.5. The van der Waals surface area contributed by atoms with E-state index >= 15 is 0 Å². The van der Waals surface area contributed by atoms with Crippen molar-refractivity contribution in [3.8, 4) is 28.7 Å². The van der Waals surface area contributed by atoms with Gasteiger partial charge in [0, 0.05) is 87.0 Å². The summed E-state index contributed by atoms with van der Waals surface area (Å²) in [6.07, 6.45) is 12.6. The molecular formula is C60H63FN8O12. The lowest BCUT2D eigenvalue weighted by atomic mass is 10.0. The number of unbranched alkanes of at least 4 members (excludes halogenated alkanes) is 2. The van der Waals surface area contributed by atoms with Crippen LogP contribution in [0.1, 0.15) is 97.6 Å². The summed E-state index contributed by atoms with van der Waals surface area (Å²) in [5.41, 5.74) is 5.16. The van der Waals surface area contributed by atoms with Gasteiger partial charge in [-0.05, 0) is 84.4 Å². The average molecular weight is 1110 g/mol. The fraction of sp³-hybridized carbons (Fsp3) is 0.350. The first-order valence-corrected chi connectivity index (χ1v) is 26.8. The molecule has 5 heterocycles. The molecule has 81 heavy (non-hydrogen) atoms. The average Bonchev–Trinajstić information content (AvgIpc) is 4.21. The maximum absolute atomic E-state index is 14.5. The van der Waals surface area contributed by atoms with Crippen LogP contribution >= 0.6 is 0 Å². The van der Waals surface area contributed by atoms with Gasteiger partial charge < -0.3 is 49.4 Å². The number of rotatable bonds is 23. The number of nitrogens with one attached hydrogen (secondary N) is 3. The van der Waals surface area contributed by atoms with Gasteiger partial charge in [0.05, 0.1) is 69.1 Å². The maximum atomic E-state index is 14.5. The van der Waals surface area contributed by atoms with Crippen LogP contribution in [-0.2, 0) is 24.0 Å². The van der Waals surface area contributed by atoms with E-state index in [9.17, 15) is 38.0 Å². The number of halogens is 1. The molecule has 5 aliphatic rings. The van der Waals surface area contributed by atoms with E-state index in [1.165, 1.54) is 39.5 Å². The lowest BCUT2D eigenvalue weighted by Crippen LogP contribution is -2.53. The third-order valence-electron chi connectivity index (χ3n) is 14.5. The molecule has 4 aromatic rings. The highest BCUT2D eigenvalue weighted by atomic mass is 19.1. The second kappa shape index (κ2) is 24.9. The van der Waals surface area contributed by atoms with E-state index in [0.29, 0.717) is 95.3 Å². The van der Waals surface area contributed by atoms with Gasteiger partial charge >= 0.3 is 0 Å². The molecule has 0 aliphatic carbocycles. The molecule has 21 heteroatoms. The molecule has 20 nitrogen and oxygen atoms in total. The monoisotopic (exact) mass is 1110 g/mol. The smallest absolute Gasteiger partial charge is 0.260 e. The molecule has 7 amide bonds. The minimum absolute atomic E-state index is 0.139. The Bertz CT molecular complexity index is 3300. The second-order valence-electron chi connectivity index (χ2n) is 20.3. The Morgan fingerprint density at radius 3 is 1.70 bits per heavy atom. The Morgan fingerprint density at radius 2 is 1.17 bits per heavy atom. The van der Waals surface area contributed by atoms with Gasteiger partial charge in [-0.1, -0.05) is 38.5 Å². The number of hydrogen-bond donors (Lipinski definition) is 3. The highest BCUT2D eigenvalue weighted by molar-refractivity contribution is 6.13. The second-order valence-corrected chi connectivity index (χ2v) is 20.3. The first-order chi connectivity index (χ1) is 39.0. The molecule has 0 spiro atoms. The van der Waals surface area contributed by atoms with Gasteiger partial charge in [0.25, 0.3) is 23.6 Å². The van der Waals surface area contributed by atoms with Gasteiger partial charge in [0.2, 0.25) is 17.7 Å². The van der Waals surface area contributed by atoms with Crippen molar-refractivity contribution in [3.05, 3.63) is 119 Å². The summed E-state index contributed by atoms with van der Waals surface area (Å²) in [5, 5.41) is 8.32. The van der Waals surface area contributed by atoms with Gasteiger partial charge in [-0.25, -0.2) is 4.39 Å². The molecule has 0 radical (unpaired) electrons. The molecule has 4 aromatic carbocycles. The van der Waals surface area contributed by atoms with Crippen molar-refractivity contribution >= 4 is 82.0 Å². The molecule has 0 saturated carbocycles. The van der Waals surface area contributed by atoms with E-state index in [0.717, 1.165) is 21.6 Å². The number of imide groups is 1. The zero-order chi connectivity index (χ0) is 57.5. The van der Waals surface area contributed by atoms with Gasteiger partial charge in [0.1, 0.15) is 12.1 Å². The topological polar surface area (TPSA) is 236 Å². The molecule has 0 saturated heterocycles. The molecule has 0 aromatic heterocycles. The lowest BCUT2D eigenvalue weighted by Gasteiger charge is -2.24. The minimum Gasteiger partial charge on any atom is -0.494 e. The Labute approximate surface area is 467 Å². The van der Waals surface area contributed by atoms with E-state index in [-0.39, 0.29) is 79.5 Å². The molecule has 5 aliphatic heterocycles. The summed E-state index contributed by atoms with van der Waals surface area (Å²) in [6, 6.07) is 15.9. The number of ether oxygens (including phenoxy) is 5. The number of nitrogens with zero attached hydrogens (tertiary/aromatic N) is 5. The Hall–Kier alpha value is -9.14. The summed E-state index contributed by atoms with van der Waals surface area (Å²) >= 11 is 0. The number of fused-ring (bicyclic) bond motifs is 4. The summed E-state index contributed by atoms with van der Waals surface area (Å²) in [5.74, 6) is -1.64. The SMILES string of the molecule is COc1ccc(C2=CN3C(=O)c4cc(OC)c(OCCCOc5cc6c(cc5OC)C(=O)N5C=C(c7ccc(NC(=O)[C@H](C)NC(=O)[C@@H](NC(=O)CCCCCN8C(=O)C=CC8=O)C(C)C)cc7)C[C@H]5C=N6)cc4N=C[C@@H]3C2)cc1F. The number of carbonyl (C=O) groups excluding carboxylic acids is 7. The van der Waals surface area contributed by atoms with Crippen molar-refractivity contribution in [2.45, 2.75) is 89.9 Å². The predicted molar refractivity (Wildman–Crippen MR) is 300 cm³/mol. The third kappa shape index (κ3) is 12.7. The zero-order valence-corrected chi connectivity index (χ0v) is 45.8. The largest absolute Gasteiger partial charge is 0.494 e. The van der Waals surface area contributed by atoms with Gasteiger partial charge in [-0.15, -0.1) is 0 Å². The van der Waals surface area contributed by atoms with Crippen LogP contribution in [0.15, 0.2) is 101 Å². The normalized spacial score (nSPS) is 17.6. The Balaban J connectivity index is 0.741. The van der Waals surface area contributed by atoms with Crippen LogP contribution in [0.5, 0.6) is 28.7 Å². The zero-order valence-electron chi connectivity index (χ0n) is 45.8. The summed E-state index contributed by atoms with van der Waals surface area (Å²) < 4.78 is 43.2. The van der Waals surface area contributed by atoms with Crippen LogP contribution in [0.4, 0.5) is 21.5 Å². The van der Waals surface area contributed by atoms with Crippen LogP contribution in [0.3, 0.4) is 0 Å².